The van der Waals surface area contributed by atoms with Crippen molar-refractivity contribution < 1.29 is 23.5 Å². The first-order valence-electron chi connectivity index (χ1n) is 12.6. The van der Waals surface area contributed by atoms with E-state index in [4.69, 9.17) is 4.74 Å². The number of anilines is 1. The molecule has 1 saturated carbocycles. The van der Waals surface area contributed by atoms with E-state index in [9.17, 15) is 18.8 Å². The molecule has 1 aliphatic carbocycles. The molecule has 1 aromatic carbocycles. The lowest BCUT2D eigenvalue weighted by atomic mass is 9.76. The van der Waals surface area contributed by atoms with E-state index in [-0.39, 0.29) is 42.1 Å². The number of hydrogen-bond acceptors (Lipinski definition) is 6. The van der Waals surface area contributed by atoms with Crippen molar-refractivity contribution in [3.8, 4) is 0 Å². The van der Waals surface area contributed by atoms with Crippen molar-refractivity contribution in [3.63, 3.8) is 0 Å². The molecule has 1 aromatic rings. The van der Waals surface area contributed by atoms with E-state index in [1.54, 1.807) is 0 Å². The molecule has 2 N–H and O–H groups in total. The third-order valence-electron chi connectivity index (χ3n) is 7.39. The van der Waals surface area contributed by atoms with Gasteiger partial charge in [-0.3, -0.25) is 19.4 Å². The van der Waals surface area contributed by atoms with Gasteiger partial charge in [0, 0.05) is 57.5 Å². The molecule has 3 aliphatic rings. The molecular weight excluding hydrogens is 453 g/mol. The lowest BCUT2D eigenvalue weighted by Gasteiger charge is -2.41. The number of amides is 4. The Hall–Kier alpha value is -2.72. The number of carbonyl (C=O) groups excluding carboxylic acids is 3. The van der Waals surface area contributed by atoms with Gasteiger partial charge in [0.15, 0.2) is 0 Å². The Morgan fingerprint density at radius 3 is 2.57 bits per heavy atom. The number of nitrogens with one attached hydrogen (secondary N) is 2. The normalized spacial score (nSPS) is 25.3. The Kier molecular flexibility index (Phi) is 8.56. The van der Waals surface area contributed by atoms with Gasteiger partial charge in [-0.15, -0.1) is 0 Å². The van der Waals surface area contributed by atoms with Crippen LogP contribution in [0, 0.1) is 17.7 Å². The zero-order valence-electron chi connectivity index (χ0n) is 20.4. The van der Waals surface area contributed by atoms with Crippen molar-refractivity contribution >= 4 is 23.5 Å². The SMILES string of the molecule is COCCN1C(=O)NC2CC(C(=O)NCCCN3CCN(c4ccc(F)cc4)CC3)CCC2C1=O. The van der Waals surface area contributed by atoms with Gasteiger partial charge in [-0.25, -0.2) is 9.18 Å². The van der Waals surface area contributed by atoms with E-state index in [2.05, 4.69) is 20.4 Å². The van der Waals surface area contributed by atoms with Crippen LogP contribution in [0.4, 0.5) is 14.9 Å². The summed E-state index contributed by atoms with van der Waals surface area (Å²) in [5.74, 6) is -0.817. The number of halogens is 1. The van der Waals surface area contributed by atoms with Gasteiger partial charge in [0.1, 0.15) is 5.82 Å². The molecule has 4 rings (SSSR count). The molecule has 0 aromatic heterocycles. The summed E-state index contributed by atoms with van der Waals surface area (Å²) in [6.45, 7) is 5.75. The van der Waals surface area contributed by atoms with Crippen LogP contribution in [0.5, 0.6) is 0 Å². The minimum Gasteiger partial charge on any atom is -0.383 e. The fourth-order valence-electron chi connectivity index (χ4n) is 5.34. The van der Waals surface area contributed by atoms with Crippen LogP contribution in [0.1, 0.15) is 25.7 Å². The number of rotatable bonds is 9. The summed E-state index contributed by atoms with van der Waals surface area (Å²) in [7, 11) is 1.54. The largest absolute Gasteiger partial charge is 0.383 e. The van der Waals surface area contributed by atoms with Crippen LogP contribution in [-0.4, -0.2) is 93.2 Å². The van der Waals surface area contributed by atoms with Crippen molar-refractivity contribution in [1.82, 2.24) is 20.4 Å². The standard InChI is InChI=1S/C25H36FN5O4/c1-35-16-15-31-24(33)21-8-3-18(17-22(21)28-25(31)34)23(32)27-9-2-10-29-11-13-30(14-12-29)20-6-4-19(26)5-7-20/h4-7,18,21-22H,2-3,8-17H2,1H3,(H,27,32)(H,28,34). The van der Waals surface area contributed by atoms with E-state index in [1.165, 1.54) is 24.1 Å². The number of piperazine rings is 1. The fraction of sp³-hybridized carbons (Fsp3) is 0.640. The van der Waals surface area contributed by atoms with Gasteiger partial charge in [-0.2, -0.15) is 0 Å². The maximum absolute atomic E-state index is 13.1. The van der Waals surface area contributed by atoms with Crippen LogP contribution in [0.15, 0.2) is 24.3 Å². The molecule has 192 valence electrons. The van der Waals surface area contributed by atoms with Gasteiger partial charge in [0.25, 0.3) is 0 Å². The van der Waals surface area contributed by atoms with E-state index < -0.39 is 6.03 Å². The molecule has 10 heteroatoms. The number of urea groups is 1. The number of methoxy groups -OCH3 is 1. The molecule has 2 saturated heterocycles. The summed E-state index contributed by atoms with van der Waals surface area (Å²) in [6, 6.07) is 5.95. The molecule has 0 radical (unpaired) electrons. The van der Waals surface area contributed by atoms with Crippen LogP contribution in [-0.2, 0) is 14.3 Å². The molecule has 2 aliphatic heterocycles. The molecule has 0 bridgehead atoms. The second kappa shape index (κ2) is 11.8. The lowest BCUT2D eigenvalue weighted by Crippen LogP contribution is -2.62. The Balaban J connectivity index is 1.14. The average molecular weight is 490 g/mol. The molecule has 0 spiro atoms. The predicted molar refractivity (Wildman–Crippen MR) is 129 cm³/mol. The highest BCUT2D eigenvalue weighted by Crippen LogP contribution is 2.33. The minimum absolute atomic E-state index is 0.00749. The highest BCUT2D eigenvalue weighted by molar-refractivity contribution is 5.99. The summed E-state index contributed by atoms with van der Waals surface area (Å²) in [4.78, 5) is 43.7. The number of ether oxygens (including phenoxy) is 1. The monoisotopic (exact) mass is 489 g/mol. The summed E-state index contributed by atoms with van der Waals surface area (Å²) in [5, 5.41) is 5.97. The topological polar surface area (TPSA) is 94.2 Å². The molecule has 3 atom stereocenters. The number of carbonyl (C=O) groups is 3. The smallest absolute Gasteiger partial charge is 0.324 e. The first kappa shape index (κ1) is 25.4. The fourth-order valence-corrected chi connectivity index (χ4v) is 5.34. The maximum Gasteiger partial charge on any atom is 0.324 e. The Morgan fingerprint density at radius 1 is 1.11 bits per heavy atom. The quantitative estimate of drug-likeness (QED) is 0.510. The van der Waals surface area contributed by atoms with E-state index in [0.29, 0.717) is 32.4 Å². The second-order valence-corrected chi connectivity index (χ2v) is 9.60. The second-order valence-electron chi connectivity index (χ2n) is 9.60. The Labute approximate surface area is 205 Å². The van der Waals surface area contributed by atoms with Gasteiger partial charge in [0.2, 0.25) is 11.8 Å². The highest BCUT2D eigenvalue weighted by atomic mass is 19.1. The van der Waals surface area contributed by atoms with Crippen molar-refractivity contribution in [3.05, 3.63) is 30.1 Å². The molecule has 4 amide bonds. The van der Waals surface area contributed by atoms with Crippen LogP contribution in [0.2, 0.25) is 0 Å². The van der Waals surface area contributed by atoms with Crippen LogP contribution < -0.4 is 15.5 Å². The Morgan fingerprint density at radius 2 is 1.86 bits per heavy atom. The summed E-state index contributed by atoms with van der Waals surface area (Å²) in [5.41, 5.74) is 1.05. The summed E-state index contributed by atoms with van der Waals surface area (Å²) < 4.78 is 18.1. The average Bonchev–Trinajstić information content (AvgIpc) is 2.87. The minimum atomic E-state index is -0.395. The van der Waals surface area contributed by atoms with Crippen LogP contribution >= 0.6 is 0 Å². The first-order valence-corrected chi connectivity index (χ1v) is 12.6. The van der Waals surface area contributed by atoms with Gasteiger partial charge >= 0.3 is 6.03 Å². The van der Waals surface area contributed by atoms with Gasteiger partial charge < -0.3 is 20.3 Å². The van der Waals surface area contributed by atoms with Crippen molar-refractivity contribution in [1.29, 1.82) is 0 Å². The third-order valence-corrected chi connectivity index (χ3v) is 7.39. The van der Waals surface area contributed by atoms with Crippen molar-refractivity contribution in [2.24, 2.45) is 11.8 Å². The van der Waals surface area contributed by atoms with E-state index in [1.807, 2.05) is 12.1 Å². The van der Waals surface area contributed by atoms with Gasteiger partial charge in [-0.1, -0.05) is 0 Å². The molecular formula is C25H36FN5O4. The zero-order chi connectivity index (χ0) is 24.8. The van der Waals surface area contributed by atoms with Crippen LogP contribution in [0.25, 0.3) is 0 Å². The zero-order valence-corrected chi connectivity index (χ0v) is 20.4. The number of imide groups is 1. The van der Waals surface area contributed by atoms with Gasteiger partial charge in [-0.05, 0) is 56.5 Å². The van der Waals surface area contributed by atoms with Crippen molar-refractivity contribution in [2.45, 2.75) is 31.7 Å². The van der Waals surface area contributed by atoms with Crippen LogP contribution in [0.3, 0.4) is 0 Å². The molecule has 3 unspecified atom stereocenters. The van der Waals surface area contributed by atoms with E-state index >= 15 is 0 Å². The third kappa shape index (κ3) is 6.29. The lowest BCUT2D eigenvalue weighted by molar-refractivity contribution is -0.139. The van der Waals surface area contributed by atoms with E-state index in [0.717, 1.165) is 44.8 Å². The number of benzene rings is 1. The molecule has 9 nitrogen and oxygen atoms in total. The van der Waals surface area contributed by atoms with Crippen molar-refractivity contribution in [2.75, 3.05) is 64.4 Å². The summed E-state index contributed by atoms with van der Waals surface area (Å²) in [6.07, 6.45) is 2.62. The first-order chi connectivity index (χ1) is 17.0. The molecule has 2 heterocycles. The number of fused-ring (bicyclic) bond motifs is 1. The number of nitrogens with zero attached hydrogens (tertiary/aromatic N) is 3. The highest BCUT2D eigenvalue weighted by Gasteiger charge is 2.45. The maximum atomic E-state index is 13.1. The molecule has 35 heavy (non-hydrogen) atoms. The molecule has 3 fully saturated rings. The summed E-state index contributed by atoms with van der Waals surface area (Å²) >= 11 is 0. The predicted octanol–water partition coefficient (Wildman–Crippen LogP) is 1.44. The Bertz CT molecular complexity index is 890. The number of hydrogen-bond donors (Lipinski definition) is 2. The van der Waals surface area contributed by atoms with Gasteiger partial charge in [0.05, 0.1) is 19.1 Å².